The van der Waals surface area contributed by atoms with Gasteiger partial charge in [-0.25, -0.2) is 9.97 Å². The number of thiophene rings is 1. The van der Waals surface area contributed by atoms with Crippen molar-refractivity contribution in [2.75, 3.05) is 0 Å². The van der Waals surface area contributed by atoms with E-state index in [1.54, 1.807) is 24.3 Å². The minimum atomic E-state index is -5.32. The smallest absolute Gasteiger partial charge is 0.116 e. The number of rotatable bonds is 3. The van der Waals surface area contributed by atoms with E-state index in [0.29, 0.717) is 27.5 Å². The molecule has 0 bridgehead atoms. The number of fused-ring (bicyclic) bond motifs is 4. The highest BCUT2D eigenvalue weighted by molar-refractivity contribution is 7.26. The SMILES string of the molecule is [2H]C([2H])([2H])[Si](c1cc(-c2ncnc3c2sc2cc(-c4c(C)cc(C(C)(C)C)cc4C)ccc23)cc2ccccc12)(C([2H])([2H])[2H])C([2H])([2H])[2H]. The van der Waals surface area contributed by atoms with Gasteiger partial charge >= 0.3 is 0 Å². The van der Waals surface area contributed by atoms with E-state index in [9.17, 15) is 0 Å². The van der Waals surface area contributed by atoms with Crippen LogP contribution in [0.3, 0.4) is 0 Å². The molecule has 0 spiro atoms. The first-order valence-corrected chi connectivity index (χ1v) is 15.8. The van der Waals surface area contributed by atoms with Crippen LogP contribution in [0.25, 0.3) is 53.5 Å². The summed E-state index contributed by atoms with van der Waals surface area (Å²) in [5, 5.41) is 1.64. The van der Waals surface area contributed by atoms with Gasteiger partial charge in [0.15, 0.2) is 0 Å². The van der Waals surface area contributed by atoms with Crippen LogP contribution in [-0.2, 0) is 5.41 Å². The van der Waals surface area contributed by atoms with Crippen molar-refractivity contribution in [2.24, 2.45) is 0 Å². The second-order valence-corrected chi connectivity index (χ2v) is 14.5. The van der Waals surface area contributed by atoms with E-state index in [1.807, 2.05) is 6.07 Å². The van der Waals surface area contributed by atoms with Crippen molar-refractivity contribution in [3.8, 4) is 22.4 Å². The fourth-order valence-corrected chi connectivity index (χ4v) is 7.76. The van der Waals surface area contributed by atoms with Gasteiger partial charge in [-0.15, -0.1) is 11.3 Å². The van der Waals surface area contributed by atoms with Crippen molar-refractivity contribution in [3.05, 3.63) is 89.7 Å². The fourth-order valence-electron chi connectivity index (χ4n) is 5.55. The molecule has 0 saturated carbocycles. The molecule has 6 aromatic rings. The van der Waals surface area contributed by atoms with E-state index < -0.39 is 27.5 Å². The number of nitrogens with zero attached hydrogens (tertiary/aromatic N) is 2. The molecule has 2 aromatic heterocycles. The van der Waals surface area contributed by atoms with Crippen LogP contribution in [0.2, 0.25) is 19.4 Å². The normalized spacial score (nSPS) is 17.0. The zero-order valence-electron chi connectivity index (χ0n) is 31.7. The third-order valence-electron chi connectivity index (χ3n) is 7.48. The minimum absolute atomic E-state index is 0.0276. The average Bonchev–Trinajstić information content (AvgIpc) is 3.32. The molecule has 0 aliphatic heterocycles. The topological polar surface area (TPSA) is 25.8 Å². The maximum Gasteiger partial charge on any atom is 0.116 e. The lowest BCUT2D eigenvalue weighted by molar-refractivity contribution is 0.589. The molecule has 6 rings (SSSR count). The highest BCUT2D eigenvalue weighted by Crippen LogP contribution is 2.41. The van der Waals surface area contributed by atoms with E-state index in [2.05, 4.69) is 74.9 Å². The number of hydrogen-bond donors (Lipinski definition) is 0. The fraction of sp³-hybridized carbons (Fsp3) is 0.257. The highest BCUT2D eigenvalue weighted by atomic mass is 32.1. The Labute approximate surface area is 249 Å². The summed E-state index contributed by atoms with van der Waals surface area (Å²) in [6.45, 7) is 1.10. The third-order valence-corrected chi connectivity index (χ3v) is 9.85. The first kappa shape index (κ1) is 17.4. The monoisotopic (exact) mass is 553 g/mol. The quantitative estimate of drug-likeness (QED) is 0.204. The van der Waals surface area contributed by atoms with Crippen molar-refractivity contribution >= 4 is 55.7 Å². The van der Waals surface area contributed by atoms with E-state index >= 15 is 0 Å². The molecular weight excluding hydrogens is 509 g/mol. The molecule has 0 atom stereocenters. The average molecular weight is 554 g/mol. The summed E-state index contributed by atoms with van der Waals surface area (Å²) < 4.78 is 77.8. The summed E-state index contributed by atoms with van der Waals surface area (Å²) in [6.07, 6.45) is 1.44. The molecule has 4 aromatic carbocycles. The van der Waals surface area contributed by atoms with Gasteiger partial charge in [0.1, 0.15) is 6.33 Å². The van der Waals surface area contributed by atoms with Gasteiger partial charge in [-0.2, -0.15) is 0 Å². The molecule has 0 aliphatic carbocycles. The van der Waals surface area contributed by atoms with Gasteiger partial charge in [-0.3, -0.25) is 0 Å². The zero-order chi connectivity index (χ0) is 35.2. The summed E-state index contributed by atoms with van der Waals surface area (Å²) in [7, 11) is -5.32. The van der Waals surface area contributed by atoms with Crippen LogP contribution < -0.4 is 5.19 Å². The molecule has 0 amide bonds. The molecule has 0 unspecified atom stereocenters. The van der Waals surface area contributed by atoms with Crippen LogP contribution in [-0.4, -0.2) is 18.0 Å². The first-order valence-electron chi connectivity index (χ1n) is 17.5. The van der Waals surface area contributed by atoms with Crippen LogP contribution in [0, 0.1) is 13.8 Å². The lowest BCUT2D eigenvalue weighted by Crippen LogP contribution is -2.38. The molecule has 0 N–H and O–H groups in total. The van der Waals surface area contributed by atoms with Gasteiger partial charge in [-0.05, 0) is 70.0 Å². The predicted molar refractivity (Wildman–Crippen MR) is 174 cm³/mol. The Morgan fingerprint density at radius 3 is 2.26 bits per heavy atom. The number of hydrogen-bond acceptors (Lipinski definition) is 3. The second kappa shape index (κ2) is 9.11. The molecule has 0 fully saturated rings. The Kier molecular flexibility index (Phi) is 4.06. The van der Waals surface area contributed by atoms with E-state index in [1.165, 1.54) is 46.0 Å². The Balaban J connectivity index is 1.62. The Bertz CT molecular complexity index is 2170. The third kappa shape index (κ3) is 4.50. The van der Waals surface area contributed by atoms with Crippen LogP contribution in [0.4, 0.5) is 0 Å². The largest absolute Gasteiger partial charge is 0.235 e. The van der Waals surface area contributed by atoms with Crippen LogP contribution in [0.1, 0.15) is 49.8 Å². The van der Waals surface area contributed by atoms with Gasteiger partial charge in [0, 0.05) is 28.0 Å². The molecule has 2 nitrogen and oxygen atoms in total. The second-order valence-electron chi connectivity index (χ2n) is 11.4. The highest BCUT2D eigenvalue weighted by Gasteiger charge is 2.22. The Morgan fingerprint density at radius 2 is 1.54 bits per heavy atom. The lowest BCUT2D eigenvalue weighted by atomic mass is 9.82. The van der Waals surface area contributed by atoms with Crippen LogP contribution in [0.5, 0.6) is 0 Å². The van der Waals surface area contributed by atoms with Crippen molar-refractivity contribution in [2.45, 2.75) is 59.5 Å². The van der Waals surface area contributed by atoms with Gasteiger partial charge in [-0.1, -0.05) is 100.0 Å². The van der Waals surface area contributed by atoms with Gasteiger partial charge in [0.05, 0.1) is 24.0 Å². The molecule has 196 valence electrons. The van der Waals surface area contributed by atoms with Crippen molar-refractivity contribution in [3.63, 3.8) is 0 Å². The Morgan fingerprint density at radius 1 is 0.795 bits per heavy atom. The maximum atomic E-state index is 8.46. The Hall–Kier alpha value is -3.34. The number of aryl methyl sites for hydroxylation is 2. The van der Waals surface area contributed by atoms with Crippen molar-refractivity contribution in [1.29, 1.82) is 0 Å². The summed E-state index contributed by atoms with van der Waals surface area (Å²) in [4.78, 5) is 9.24. The van der Waals surface area contributed by atoms with Crippen LogP contribution in [0.15, 0.2) is 73.1 Å². The summed E-state index contributed by atoms with van der Waals surface area (Å²) in [6, 6.07) is 20.8. The number of benzene rings is 4. The summed E-state index contributed by atoms with van der Waals surface area (Å²) in [5.41, 5.74) is 7.59. The molecule has 39 heavy (non-hydrogen) atoms. The summed E-state index contributed by atoms with van der Waals surface area (Å²) >= 11 is 1.50. The molecule has 0 radical (unpaired) electrons. The molecule has 2 heterocycles. The standard InChI is InChI=1S/C35H36N2SSi/c1-21-15-26(35(3,4)5)16-22(2)31(21)24-13-14-28-29(18-24)38-34-32(36-20-37-33(28)34)25-17-23-11-9-10-12-27(23)30(19-25)39(6,7)8/h9-20H,1-8H3/i6D3,7D3,8D3. The zero-order valence-corrected chi connectivity index (χ0v) is 24.5. The summed E-state index contributed by atoms with van der Waals surface area (Å²) in [5.74, 6) is 0. The molecule has 4 heteroatoms. The van der Waals surface area contributed by atoms with E-state index in [4.69, 9.17) is 12.3 Å². The lowest BCUT2D eigenvalue weighted by Gasteiger charge is -2.22. The molecular formula is C35H36N2SSi. The van der Waals surface area contributed by atoms with Crippen molar-refractivity contribution in [1.82, 2.24) is 9.97 Å². The maximum absolute atomic E-state index is 8.46. The predicted octanol–water partition coefficient (Wildman–Crippen LogP) is 9.79. The van der Waals surface area contributed by atoms with Gasteiger partial charge in [0.2, 0.25) is 0 Å². The molecule has 0 saturated heterocycles. The van der Waals surface area contributed by atoms with E-state index in [0.717, 1.165) is 20.3 Å². The molecule has 0 aliphatic rings. The van der Waals surface area contributed by atoms with Crippen molar-refractivity contribution < 1.29 is 12.3 Å². The first-order chi connectivity index (χ1) is 22.2. The van der Waals surface area contributed by atoms with Gasteiger partial charge < -0.3 is 0 Å². The van der Waals surface area contributed by atoms with E-state index in [-0.39, 0.29) is 10.6 Å². The number of aromatic nitrogens is 2. The van der Waals surface area contributed by atoms with Crippen LogP contribution >= 0.6 is 11.3 Å². The van der Waals surface area contributed by atoms with Gasteiger partial charge in [0.25, 0.3) is 0 Å². The minimum Gasteiger partial charge on any atom is -0.235 e.